The van der Waals surface area contributed by atoms with Crippen LogP contribution in [0.1, 0.15) is 35.5 Å². The molecule has 21 heavy (non-hydrogen) atoms. The second kappa shape index (κ2) is 5.24. The molecule has 1 atom stereocenters. The number of fused-ring (bicyclic) bond motifs is 1. The summed E-state index contributed by atoms with van der Waals surface area (Å²) in [7, 11) is 0. The van der Waals surface area contributed by atoms with Crippen LogP contribution in [0.15, 0.2) is 40.8 Å². The fraction of sp³-hybridized carbons (Fsp3) is 0.278. The summed E-state index contributed by atoms with van der Waals surface area (Å²) in [5.41, 5.74) is 6.70. The predicted octanol–water partition coefficient (Wildman–Crippen LogP) is 4.93. The van der Waals surface area contributed by atoms with Gasteiger partial charge in [0, 0.05) is 18.7 Å². The first-order valence-corrected chi connectivity index (χ1v) is 7.24. The van der Waals surface area contributed by atoms with Crippen LogP contribution in [0.25, 0.3) is 11.1 Å². The molecule has 108 valence electrons. The van der Waals surface area contributed by atoms with Gasteiger partial charge in [-0.1, -0.05) is 23.8 Å². The van der Waals surface area contributed by atoms with E-state index < -0.39 is 0 Å². The molecule has 0 aliphatic carbocycles. The average Bonchev–Trinajstić information content (AvgIpc) is 2.80. The molecular formula is C18H20N2O. The minimum atomic E-state index is 0.246. The summed E-state index contributed by atoms with van der Waals surface area (Å²) < 4.78 is 5.51. The van der Waals surface area contributed by atoms with E-state index in [0.29, 0.717) is 5.89 Å². The van der Waals surface area contributed by atoms with E-state index in [2.05, 4.69) is 49.3 Å². The summed E-state index contributed by atoms with van der Waals surface area (Å²) in [5.74, 6) is 0.699. The normalized spacial score (nSPS) is 12.6. The lowest BCUT2D eigenvalue weighted by molar-refractivity contribution is 0.561. The molecule has 3 aromatic rings. The Balaban J connectivity index is 1.88. The van der Waals surface area contributed by atoms with Crippen LogP contribution in [0.4, 0.5) is 5.69 Å². The predicted molar refractivity (Wildman–Crippen MR) is 86.7 cm³/mol. The van der Waals surface area contributed by atoms with Crippen molar-refractivity contribution in [2.45, 2.75) is 33.7 Å². The van der Waals surface area contributed by atoms with Gasteiger partial charge in [0.25, 0.3) is 0 Å². The van der Waals surface area contributed by atoms with E-state index in [-0.39, 0.29) is 6.04 Å². The fourth-order valence-corrected chi connectivity index (χ4v) is 2.69. The Bertz CT molecular complexity index is 789. The third kappa shape index (κ3) is 2.77. The van der Waals surface area contributed by atoms with Gasteiger partial charge in [0.15, 0.2) is 11.5 Å². The van der Waals surface area contributed by atoms with Gasteiger partial charge < -0.3 is 9.73 Å². The van der Waals surface area contributed by atoms with Crippen molar-refractivity contribution in [1.29, 1.82) is 0 Å². The van der Waals surface area contributed by atoms with E-state index in [1.807, 2.05) is 25.1 Å². The summed E-state index contributed by atoms with van der Waals surface area (Å²) in [6.45, 7) is 8.32. The number of anilines is 1. The van der Waals surface area contributed by atoms with Gasteiger partial charge in [-0.2, -0.15) is 0 Å². The van der Waals surface area contributed by atoms with Crippen LogP contribution in [-0.2, 0) is 0 Å². The van der Waals surface area contributed by atoms with Crippen molar-refractivity contribution in [3.05, 3.63) is 59.0 Å². The zero-order chi connectivity index (χ0) is 15.0. The zero-order valence-electron chi connectivity index (χ0n) is 12.9. The Kier molecular flexibility index (Phi) is 3.42. The maximum absolute atomic E-state index is 5.51. The standard InChI is InChI=1S/C18H20N2O/c1-11-5-6-12(2)16(9-11)13(3)19-15-7-8-18-17(10-15)20-14(4)21-18/h5-10,13,19H,1-4H3. The van der Waals surface area contributed by atoms with E-state index in [0.717, 1.165) is 16.8 Å². The van der Waals surface area contributed by atoms with E-state index >= 15 is 0 Å². The van der Waals surface area contributed by atoms with Crippen LogP contribution < -0.4 is 5.32 Å². The topological polar surface area (TPSA) is 38.1 Å². The number of hydrogen-bond acceptors (Lipinski definition) is 3. The van der Waals surface area contributed by atoms with Crippen molar-refractivity contribution in [2.24, 2.45) is 0 Å². The van der Waals surface area contributed by atoms with Gasteiger partial charge in [0.1, 0.15) is 5.52 Å². The summed E-state index contributed by atoms with van der Waals surface area (Å²) in [4.78, 5) is 4.38. The first kappa shape index (κ1) is 13.7. The lowest BCUT2D eigenvalue weighted by Gasteiger charge is -2.18. The molecule has 1 N–H and O–H groups in total. The molecule has 1 heterocycles. The van der Waals surface area contributed by atoms with E-state index in [4.69, 9.17) is 4.42 Å². The quantitative estimate of drug-likeness (QED) is 0.739. The number of hydrogen-bond donors (Lipinski definition) is 1. The molecule has 1 unspecified atom stereocenters. The largest absolute Gasteiger partial charge is 0.441 e. The second-order valence-corrected chi connectivity index (χ2v) is 5.64. The third-order valence-electron chi connectivity index (χ3n) is 3.78. The molecule has 0 fully saturated rings. The first-order valence-electron chi connectivity index (χ1n) is 7.24. The Hall–Kier alpha value is -2.29. The summed E-state index contributed by atoms with van der Waals surface area (Å²) in [6.07, 6.45) is 0. The molecule has 0 aliphatic rings. The molecule has 0 bridgehead atoms. The number of nitrogens with zero attached hydrogens (tertiary/aromatic N) is 1. The van der Waals surface area contributed by atoms with Crippen LogP contribution in [0.5, 0.6) is 0 Å². The molecule has 3 rings (SSSR count). The SMILES string of the molecule is Cc1ccc(C)c(C(C)Nc2ccc3oc(C)nc3c2)c1. The maximum Gasteiger partial charge on any atom is 0.192 e. The summed E-state index contributed by atoms with van der Waals surface area (Å²) in [6, 6.07) is 12.8. The highest BCUT2D eigenvalue weighted by Gasteiger charge is 2.10. The fourth-order valence-electron chi connectivity index (χ4n) is 2.69. The monoisotopic (exact) mass is 280 g/mol. The zero-order valence-corrected chi connectivity index (χ0v) is 12.9. The highest BCUT2D eigenvalue weighted by molar-refractivity contribution is 5.77. The molecule has 0 aliphatic heterocycles. The van der Waals surface area contributed by atoms with Gasteiger partial charge in [-0.3, -0.25) is 0 Å². The van der Waals surface area contributed by atoms with Crippen LogP contribution in [-0.4, -0.2) is 4.98 Å². The number of aryl methyl sites for hydroxylation is 3. The van der Waals surface area contributed by atoms with Gasteiger partial charge in [-0.15, -0.1) is 0 Å². The molecule has 3 heteroatoms. The smallest absolute Gasteiger partial charge is 0.192 e. The van der Waals surface area contributed by atoms with Gasteiger partial charge in [0.05, 0.1) is 0 Å². The van der Waals surface area contributed by atoms with E-state index in [1.54, 1.807) is 0 Å². The highest BCUT2D eigenvalue weighted by Crippen LogP contribution is 2.25. The molecule has 0 spiro atoms. The van der Waals surface area contributed by atoms with Crippen molar-refractivity contribution in [3.63, 3.8) is 0 Å². The first-order chi connectivity index (χ1) is 10.0. The molecular weight excluding hydrogens is 260 g/mol. The number of aromatic nitrogens is 1. The Morgan fingerprint density at radius 1 is 1.05 bits per heavy atom. The second-order valence-electron chi connectivity index (χ2n) is 5.64. The lowest BCUT2D eigenvalue weighted by atomic mass is 10.00. The van der Waals surface area contributed by atoms with Crippen molar-refractivity contribution < 1.29 is 4.42 Å². The summed E-state index contributed by atoms with van der Waals surface area (Å²) >= 11 is 0. The number of nitrogens with one attached hydrogen (secondary N) is 1. The maximum atomic E-state index is 5.51. The number of oxazole rings is 1. The average molecular weight is 280 g/mol. The van der Waals surface area contributed by atoms with Crippen LogP contribution >= 0.6 is 0 Å². The molecule has 0 amide bonds. The highest BCUT2D eigenvalue weighted by atomic mass is 16.3. The van der Waals surface area contributed by atoms with Gasteiger partial charge >= 0.3 is 0 Å². The van der Waals surface area contributed by atoms with Crippen molar-refractivity contribution in [1.82, 2.24) is 4.98 Å². The molecule has 1 aromatic heterocycles. The minimum Gasteiger partial charge on any atom is -0.441 e. The Morgan fingerprint density at radius 3 is 2.67 bits per heavy atom. The Morgan fingerprint density at radius 2 is 1.86 bits per heavy atom. The van der Waals surface area contributed by atoms with Crippen LogP contribution in [0, 0.1) is 20.8 Å². The summed E-state index contributed by atoms with van der Waals surface area (Å²) in [5, 5.41) is 3.55. The van der Waals surface area contributed by atoms with Crippen molar-refractivity contribution >= 4 is 16.8 Å². The van der Waals surface area contributed by atoms with E-state index in [9.17, 15) is 0 Å². The van der Waals surface area contributed by atoms with Gasteiger partial charge in [0.2, 0.25) is 0 Å². The number of benzene rings is 2. The van der Waals surface area contributed by atoms with Crippen molar-refractivity contribution in [2.75, 3.05) is 5.32 Å². The molecule has 0 saturated carbocycles. The van der Waals surface area contributed by atoms with Crippen LogP contribution in [0.3, 0.4) is 0 Å². The van der Waals surface area contributed by atoms with Crippen molar-refractivity contribution in [3.8, 4) is 0 Å². The number of rotatable bonds is 3. The van der Waals surface area contributed by atoms with Gasteiger partial charge in [-0.05, 0) is 50.1 Å². The Labute approximate surface area is 125 Å². The molecule has 3 nitrogen and oxygen atoms in total. The minimum absolute atomic E-state index is 0.246. The molecule has 0 saturated heterocycles. The third-order valence-corrected chi connectivity index (χ3v) is 3.78. The van der Waals surface area contributed by atoms with E-state index in [1.165, 1.54) is 16.7 Å². The molecule has 0 radical (unpaired) electrons. The van der Waals surface area contributed by atoms with Crippen LogP contribution in [0.2, 0.25) is 0 Å². The lowest BCUT2D eigenvalue weighted by Crippen LogP contribution is -2.08. The molecule has 2 aromatic carbocycles. The van der Waals surface area contributed by atoms with Gasteiger partial charge in [-0.25, -0.2) is 4.98 Å².